The second-order valence-corrected chi connectivity index (χ2v) is 8.11. The third-order valence-electron chi connectivity index (χ3n) is 5.17. The highest BCUT2D eigenvalue weighted by Crippen LogP contribution is 2.20. The molecule has 2 aromatic carbocycles. The lowest BCUT2D eigenvalue weighted by Gasteiger charge is -2.24. The molecule has 0 atom stereocenters. The number of hydrogen-bond donors (Lipinski definition) is 0. The zero-order valence-corrected chi connectivity index (χ0v) is 17.9. The van der Waals surface area contributed by atoms with Gasteiger partial charge in [-0.1, -0.05) is 32.9 Å². The summed E-state index contributed by atoms with van der Waals surface area (Å²) < 4.78 is 29.0. The van der Waals surface area contributed by atoms with Crippen molar-refractivity contribution in [2.24, 2.45) is 5.92 Å². The molecule has 0 aliphatic rings. The molecular formula is C24H29F2N3O. The second-order valence-electron chi connectivity index (χ2n) is 8.11. The van der Waals surface area contributed by atoms with Crippen LogP contribution >= 0.6 is 0 Å². The van der Waals surface area contributed by atoms with Crippen LogP contribution in [0.2, 0.25) is 0 Å². The molecule has 0 unspecified atom stereocenters. The summed E-state index contributed by atoms with van der Waals surface area (Å²) in [5.41, 5.74) is 2.26. The minimum atomic E-state index is -0.320. The van der Waals surface area contributed by atoms with Crippen molar-refractivity contribution >= 4 is 16.9 Å². The number of benzene rings is 2. The van der Waals surface area contributed by atoms with Crippen LogP contribution in [0.4, 0.5) is 8.78 Å². The molecule has 3 rings (SSSR count). The summed E-state index contributed by atoms with van der Waals surface area (Å²) in [6, 6.07) is 10.6. The maximum absolute atomic E-state index is 13.7. The van der Waals surface area contributed by atoms with Gasteiger partial charge in [-0.2, -0.15) is 0 Å². The Bertz CT molecular complexity index is 996. The summed E-state index contributed by atoms with van der Waals surface area (Å²) in [6.07, 6.45) is 1.99. The number of amides is 1. The molecule has 0 radical (unpaired) electrons. The molecule has 1 heterocycles. The fraction of sp³-hybridized carbons (Fsp3) is 0.417. The van der Waals surface area contributed by atoms with Crippen molar-refractivity contribution in [3.05, 3.63) is 65.5 Å². The molecule has 0 aliphatic carbocycles. The highest BCUT2D eigenvalue weighted by Gasteiger charge is 2.19. The smallest absolute Gasteiger partial charge is 0.227 e. The predicted octanol–water partition coefficient (Wildman–Crippen LogP) is 5.34. The second kappa shape index (κ2) is 9.83. The number of fused-ring (bicyclic) bond motifs is 1. The number of aryl methyl sites for hydroxylation is 1. The lowest BCUT2D eigenvalue weighted by molar-refractivity contribution is -0.131. The number of nitrogens with zero attached hydrogens (tertiary/aromatic N) is 3. The van der Waals surface area contributed by atoms with Gasteiger partial charge < -0.3 is 9.47 Å². The summed E-state index contributed by atoms with van der Waals surface area (Å²) in [5, 5.41) is 0. The zero-order chi connectivity index (χ0) is 21.7. The molecule has 30 heavy (non-hydrogen) atoms. The van der Waals surface area contributed by atoms with Crippen LogP contribution in [-0.4, -0.2) is 26.9 Å². The predicted molar refractivity (Wildman–Crippen MR) is 115 cm³/mol. The Balaban J connectivity index is 1.87. The van der Waals surface area contributed by atoms with Crippen LogP contribution in [0.25, 0.3) is 11.0 Å². The number of rotatable bonds is 9. The molecule has 1 aromatic heterocycles. The van der Waals surface area contributed by atoms with Crippen LogP contribution in [0.3, 0.4) is 0 Å². The Labute approximate surface area is 176 Å². The maximum Gasteiger partial charge on any atom is 0.227 e. The first-order valence-corrected chi connectivity index (χ1v) is 10.5. The molecule has 3 aromatic rings. The Morgan fingerprint density at radius 2 is 1.80 bits per heavy atom. The van der Waals surface area contributed by atoms with E-state index in [0.717, 1.165) is 36.3 Å². The van der Waals surface area contributed by atoms with Crippen molar-refractivity contribution < 1.29 is 13.6 Å². The lowest BCUT2D eigenvalue weighted by Crippen LogP contribution is -2.34. The van der Waals surface area contributed by atoms with E-state index in [0.29, 0.717) is 24.5 Å². The number of carbonyl (C=O) groups is 1. The third kappa shape index (κ3) is 5.43. The molecule has 6 heteroatoms. The quantitative estimate of drug-likeness (QED) is 0.475. The van der Waals surface area contributed by atoms with E-state index in [1.165, 1.54) is 24.3 Å². The van der Waals surface area contributed by atoms with Crippen LogP contribution in [-0.2, 0) is 24.3 Å². The van der Waals surface area contributed by atoms with Gasteiger partial charge in [-0.15, -0.1) is 0 Å². The minimum absolute atomic E-state index is 0.0245. The van der Waals surface area contributed by atoms with E-state index in [4.69, 9.17) is 0 Å². The SMILES string of the molecule is CCCn1c(CN(CCC(C)C)C(=O)Cc2ccc(F)cc2)nc2cc(F)ccc21. The Morgan fingerprint density at radius 1 is 1.10 bits per heavy atom. The summed E-state index contributed by atoms with van der Waals surface area (Å²) in [4.78, 5) is 19.5. The van der Waals surface area contributed by atoms with Crippen molar-refractivity contribution in [1.29, 1.82) is 0 Å². The van der Waals surface area contributed by atoms with Gasteiger partial charge in [0.15, 0.2) is 0 Å². The van der Waals surface area contributed by atoms with Crippen LogP contribution in [0.1, 0.15) is 45.0 Å². The van der Waals surface area contributed by atoms with Crippen LogP contribution in [0.15, 0.2) is 42.5 Å². The van der Waals surface area contributed by atoms with E-state index in [9.17, 15) is 13.6 Å². The molecule has 160 valence electrons. The summed E-state index contributed by atoms with van der Waals surface area (Å²) in [7, 11) is 0. The first kappa shape index (κ1) is 21.9. The van der Waals surface area contributed by atoms with E-state index in [-0.39, 0.29) is 24.0 Å². The van der Waals surface area contributed by atoms with Crippen molar-refractivity contribution in [2.75, 3.05) is 6.54 Å². The number of aromatic nitrogens is 2. The van der Waals surface area contributed by atoms with Crippen molar-refractivity contribution in [3.63, 3.8) is 0 Å². The number of hydrogen-bond acceptors (Lipinski definition) is 2. The molecule has 0 bridgehead atoms. The van der Waals surface area contributed by atoms with E-state index in [1.807, 2.05) is 4.90 Å². The number of carbonyl (C=O) groups excluding carboxylic acids is 1. The van der Waals surface area contributed by atoms with Gasteiger partial charge in [0, 0.05) is 19.2 Å². The Hall–Kier alpha value is -2.76. The van der Waals surface area contributed by atoms with E-state index in [1.54, 1.807) is 18.2 Å². The van der Waals surface area contributed by atoms with Gasteiger partial charge in [0.05, 0.1) is 24.0 Å². The highest BCUT2D eigenvalue weighted by atomic mass is 19.1. The van der Waals surface area contributed by atoms with Crippen molar-refractivity contribution in [1.82, 2.24) is 14.5 Å². The summed E-state index contributed by atoms with van der Waals surface area (Å²) in [6.45, 7) is 8.05. The fourth-order valence-corrected chi connectivity index (χ4v) is 3.51. The summed E-state index contributed by atoms with van der Waals surface area (Å²) in [5.74, 6) is 0.550. The van der Waals surface area contributed by atoms with Crippen LogP contribution in [0, 0.1) is 17.6 Å². The topological polar surface area (TPSA) is 38.1 Å². The van der Waals surface area contributed by atoms with E-state index >= 15 is 0 Å². The van der Waals surface area contributed by atoms with Gasteiger partial charge in [0.25, 0.3) is 0 Å². The van der Waals surface area contributed by atoms with Crippen LogP contribution < -0.4 is 0 Å². The largest absolute Gasteiger partial charge is 0.335 e. The zero-order valence-electron chi connectivity index (χ0n) is 17.9. The van der Waals surface area contributed by atoms with Gasteiger partial charge in [-0.25, -0.2) is 13.8 Å². The Morgan fingerprint density at radius 3 is 2.47 bits per heavy atom. The Kier molecular flexibility index (Phi) is 7.19. The summed E-state index contributed by atoms with van der Waals surface area (Å²) >= 11 is 0. The molecule has 1 amide bonds. The molecule has 0 aliphatic heterocycles. The molecule has 0 fully saturated rings. The standard InChI is InChI=1S/C24H29F2N3O/c1-4-12-29-22-10-9-20(26)15-21(22)27-23(29)16-28(13-11-17(2)3)24(30)14-18-5-7-19(25)8-6-18/h5-10,15,17H,4,11-14,16H2,1-3H3. The van der Waals surface area contributed by atoms with Gasteiger partial charge in [-0.05, 0) is 48.6 Å². The van der Waals surface area contributed by atoms with E-state index < -0.39 is 0 Å². The fourth-order valence-electron chi connectivity index (χ4n) is 3.51. The van der Waals surface area contributed by atoms with Crippen molar-refractivity contribution in [3.8, 4) is 0 Å². The third-order valence-corrected chi connectivity index (χ3v) is 5.17. The molecule has 0 saturated carbocycles. The number of imidazole rings is 1. The van der Waals surface area contributed by atoms with Crippen molar-refractivity contribution in [2.45, 2.75) is 53.1 Å². The monoisotopic (exact) mass is 413 g/mol. The van der Waals surface area contributed by atoms with Gasteiger partial charge in [-0.3, -0.25) is 4.79 Å². The number of halogens is 2. The average molecular weight is 414 g/mol. The van der Waals surface area contributed by atoms with E-state index in [2.05, 4.69) is 30.3 Å². The normalized spacial score (nSPS) is 11.4. The van der Waals surface area contributed by atoms with Gasteiger partial charge in [0.1, 0.15) is 17.5 Å². The average Bonchev–Trinajstić information content (AvgIpc) is 3.03. The van der Waals surface area contributed by atoms with Gasteiger partial charge in [0.2, 0.25) is 5.91 Å². The van der Waals surface area contributed by atoms with Gasteiger partial charge >= 0.3 is 0 Å². The first-order valence-electron chi connectivity index (χ1n) is 10.5. The molecule has 0 saturated heterocycles. The molecule has 0 N–H and O–H groups in total. The lowest BCUT2D eigenvalue weighted by atomic mass is 10.1. The minimum Gasteiger partial charge on any atom is -0.335 e. The molecule has 4 nitrogen and oxygen atoms in total. The highest BCUT2D eigenvalue weighted by molar-refractivity contribution is 5.79. The maximum atomic E-state index is 13.7. The molecule has 0 spiro atoms. The molecular weight excluding hydrogens is 384 g/mol. The first-order chi connectivity index (χ1) is 14.4. The van der Waals surface area contributed by atoms with Crippen LogP contribution in [0.5, 0.6) is 0 Å².